The van der Waals surface area contributed by atoms with E-state index in [2.05, 4.69) is 57.1 Å². The quantitative estimate of drug-likeness (QED) is 0.506. The Balaban J connectivity index is 1.87. The lowest BCUT2D eigenvalue weighted by atomic mass is 9.53. The average molecular weight is 408 g/mol. The van der Waals surface area contributed by atoms with E-state index in [1.54, 1.807) is 5.57 Å². The standard InChI is InChI=1S/C27H37NO2/c1-5-6-21-19(15-16-29)9-12-22-24-13-14-25(30)27(24,2)17-23(26(21)22)18-7-10-20(11-8-18)28(3)4/h7-8,10-11,15-16,22-25,30H,5-6,9,12-14,17H2,1-4H3/b19-15-. The highest BCUT2D eigenvalue weighted by atomic mass is 16.3. The minimum absolute atomic E-state index is 0.0117. The molecule has 30 heavy (non-hydrogen) atoms. The third kappa shape index (κ3) is 3.45. The summed E-state index contributed by atoms with van der Waals surface area (Å²) in [5.74, 6) is 1.42. The van der Waals surface area contributed by atoms with Crippen LogP contribution in [0, 0.1) is 17.3 Å². The Morgan fingerprint density at radius 2 is 1.90 bits per heavy atom. The fourth-order valence-corrected chi connectivity index (χ4v) is 6.78. The van der Waals surface area contributed by atoms with Crippen LogP contribution < -0.4 is 4.90 Å². The van der Waals surface area contributed by atoms with Crippen molar-refractivity contribution < 1.29 is 9.90 Å². The van der Waals surface area contributed by atoms with Crippen LogP contribution in [0.1, 0.15) is 70.3 Å². The van der Waals surface area contributed by atoms with Crippen molar-refractivity contribution in [2.75, 3.05) is 19.0 Å². The van der Waals surface area contributed by atoms with Crippen LogP contribution >= 0.6 is 0 Å². The number of hydrogen-bond donors (Lipinski definition) is 1. The molecule has 0 amide bonds. The summed E-state index contributed by atoms with van der Waals surface area (Å²) in [6.07, 6.45) is 9.90. The molecule has 1 aromatic rings. The number of aliphatic hydroxyl groups is 1. The molecule has 3 aliphatic rings. The molecule has 0 aromatic heterocycles. The van der Waals surface area contributed by atoms with Gasteiger partial charge in [0.1, 0.15) is 6.29 Å². The van der Waals surface area contributed by atoms with Crippen LogP contribution in [0.3, 0.4) is 0 Å². The molecule has 3 nitrogen and oxygen atoms in total. The molecule has 0 aliphatic heterocycles. The Bertz CT molecular complexity index is 850. The number of carbonyl (C=O) groups excluding carboxylic acids is 1. The summed E-state index contributed by atoms with van der Waals surface area (Å²) >= 11 is 0. The first-order valence-electron chi connectivity index (χ1n) is 11.7. The van der Waals surface area contributed by atoms with E-state index in [0.29, 0.717) is 17.8 Å². The average Bonchev–Trinajstić information content (AvgIpc) is 3.04. The summed E-state index contributed by atoms with van der Waals surface area (Å²) in [6.45, 7) is 4.58. The fourth-order valence-electron chi connectivity index (χ4n) is 6.78. The Morgan fingerprint density at radius 1 is 1.17 bits per heavy atom. The molecule has 162 valence electrons. The van der Waals surface area contributed by atoms with Gasteiger partial charge in [-0.2, -0.15) is 0 Å². The highest BCUT2D eigenvalue weighted by Gasteiger charge is 2.56. The van der Waals surface area contributed by atoms with Gasteiger partial charge in [0.2, 0.25) is 0 Å². The number of anilines is 1. The molecule has 3 aliphatic carbocycles. The van der Waals surface area contributed by atoms with E-state index in [9.17, 15) is 9.90 Å². The highest BCUT2D eigenvalue weighted by Crippen LogP contribution is 2.63. The maximum Gasteiger partial charge on any atom is 0.143 e. The van der Waals surface area contributed by atoms with E-state index >= 15 is 0 Å². The minimum Gasteiger partial charge on any atom is -0.393 e. The smallest absolute Gasteiger partial charge is 0.143 e. The Labute approximate surface area is 181 Å². The third-order valence-corrected chi connectivity index (χ3v) is 8.31. The van der Waals surface area contributed by atoms with Crippen molar-refractivity contribution in [3.8, 4) is 0 Å². The molecule has 3 heteroatoms. The topological polar surface area (TPSA) is 40.5 Å². The van der Waals surface area contributed by atoms with Gasteiger partial charge in [-0.15, -0.1) is 0 Å². The normalized spacial score (nSPS) is 34.6. The zero-order valence-corrected chi connectivity index (χ0v) is 19.0. The van der Waals surface area contributed by atoms with Gasteiger partial charge in [0.15, 0.2) is 0 Å². The van der Waals surface area contributed by atoms with Crippen molar-refractivity contribution in [2.24, 2.45) is 17.3 Å². The molecule has 2 saturated carbocycles. The first-order valence-corrected chi connectivity index (χ1v) is 11.7. The number of fused-ring (bicyclic) bond motifs is 3. The van der Waals surface area contributed by atoms with Crippen molar-refractivity contribution in [3.05, 3.63) is 52.6 Å². The predicted molar refractivity (Wildman–Crippen MR) is 124 cm³/mol. The van der Waals surface area contributed by atoms with Crippen LogP contribution in [-0.4, -0.2) is 31.6 Å². The van der Waals surface area contributed by atoms with E-state index in [0.717, 1.165) is 51.2 Å². The van der Waals surface area contributed by atoms with Gasteiger partial charge >= 0.3 is 0 Å². The molecule has 4 rings (SSSR count). The van der Waals surface area contributed by atoms with E-state index in [-0.39, 0.29) is 11.5 Å². The number of nitrogens with zero attached hydrogens (tertiary/aromatic N) is 1. The molecule has 1 N–H and O–H groups in total. The summed E-state index contributed by atoms with van der Waals surface area (Å²) in [5.41, 5.74) is 6.86. The second-order valence-electron chi connectivity index (χ2n) is 10.1. The van der Waals surface area contributed by atoms with Crippen LogP contribution in [0.15, 0.2) is 47.1 Å². The van der Waals surface area contributed by atoms with E-state index < -0.39 is 0 Å². The Morgan fingerprint density at radius 3 is 2.53 bits per heavy atom. The molecule has 0 bridgehead atoms. The number of carbonyl (C=O) groups is 1. The molecule has 0 saturated heterocycles. The van der Waals surface area contributed by atoms with Crippen LogP contribution in [0.5, 0.6) is 0 Å². The number of allylic oxidation sites excluding steroid dienone is 4. The first-order chi connectivity index (χ1) is 14.4. The van der Waals surface area contributed by atoms with Crippen molar-refractivity contribution in [1.82, 2.24) is 0 Å². The van der Waals surface area contributed by atoms with E-state index in [1.807, 2.05) is 6.08 Å². The summed E-state index contributed by atoms with van der Waals surface area (Å²) in [7, 11) is 4.15. The van der Waals surface area contributed by atoms with Crippen molar-refractivity contribution in [3.63, 3.8) is 0 Å². The van der Waals surface area contributed by atoms with Crippen LogP contribution in [0.2, 0.25) is 0 Å². The highest BCUT2D eigenvalue weighted by molar-refractivity contribution is 5.69. The van der Waals surface area contributed by atoms with Crippen LogP contribution in [0.4, 0.5) is 5.69 Å². The maximum absolute atomic E-state index is 11.4. The van der Waals surface area contributed by atoms with Gasteiger partial charge in [-0.25, -0.2) is 0 Å². The zero-order valence-electron chi connectivity index (χ0n) is 19.0. The zero-order chi connectivity index (χ0) is 21.5. The first kappa shape index (κ1) is 21.4. The van der Waals surface area contributed by atoms with Crippen LogP contribution in [-0.2, 0) is 4.79 Å². The van der Waals surface area contributed by atoms with Crippen molar-refractivity contribution >= 4 is 12.0 Å². The van der Waals surface area contributed by atoms with Gasteiger partial charge in [-0.05, 0) is 90.7 Å². The van der Waals surface area contributed by atoms with E-state index in [1.165, 1.54) is 22.4 Å². The summed E-state index contributed by atoms with van der Waals surface area (Å²) in [5, 5.41) is 11.0. The van der Waals surface area contributed by atoms with Crippen LogP contribution in [0.25, 0.3) is 0 Å². The molecule has 0 radical (unpaired) electrons. The fraction of sp³-hybridized carbons (Fsp3) is 0.593. The number of benzene rings is 1. The minimum atomic E-state index is -0.200. The predicted octanol–water partition coefficient (Wildman–Crippen LogP) is 5.65. The summed E-state index contributed by atoms with van der Waals surface area (Å²) in [4.78, 5) is 13.5. The Hall–Kier alpha value is -1.87. The van der Waals surface area contributed by atoms with Gasteiger partial charge in [0.05, 0.1) is 6.10 Å². The molecule has 5 unspecified atom stereocenters. The largest absolute Gasteiger partial charge is 0.393 e. The summed E-state index contributed by atoms with van der Waals surface area (Å²) < 4.78 is 0. The Kier molecular flexibility index (Phi) is 5.94. The number of aliphatic hydroxyl groups excluding tert-OH is 1. The van der Waals surface area contributed by atoms with Gasteiger partial charge in [-0.3, -0.25) is 4.79 Å². The van der Waals surface area contributed by atoms with Crippen molar-refractivity contribution in [2.45, 2.75) is 70.8 Å². The lowest BCUT2D eigenvalue weighted by Crippen LogP contribution is -2.44. The number of aldehydes is 1. The summed E-state index contributed by atoms with van der Waals surface area (Å²) in [6, 6.07) is 9.01. The maximum atomic E-state index is 11.4. The van der Waals surface area contributed by atoms with Gasteiger partial charge < -0.3 is 10.0 Å². The molecular weight excluding hydrogens is 370 g/mol. The van der Waals surface area contributed by atoms with Gasteiger partial charge in [0, 0.05) is 25.7 Å². The lowest BCUT2D eigenvalue weighted by molar-refractivity contribution is -0.104. The molecule has 5 atom stereocenters. The lowest BCUT2D eigenvalue weighted by Gasteiger charge is -2.51. The second kappa shape index (κ2) is 8.34. The number of rotatable bonds is 5. The molecule has 1 aromatic carbocycles. The second-order valence-corrected chi connectivity index (χ2v) is 10.1. The number of hydrogen-bond acceptors (Lipinski definition) is 3. The van der Waals surface area contributed by atoms with E-state index in [4.69, 9.17) is 0 Å². The molecular formula is C27H37NO2. The molecule has 0 spiro atoms. The SMILES string of the molecule is CCCC1=C2C(c3ccc(N(C)C)cc3)CC3(C)C(O)CCC3C2CC/C1=C/C=O. The molecule has 0 heterocycles. The third-order valence-electron chi connectivity index (χ3n) is 8.31. The van der Waals surface area contributed by atoms with Crippen molar-refractivity contribution in [1.29, 1.82) is 0 Å². The monoisotopic (exact) mass is 407 g/mol. The molecule has 2 fully saturated rings. The van der Waals surface area contributed by atoms with Gasteiger partial charge in [0.25, 0.3) is 0 Å². The van der Waals surface area contributed by atoms with Gasteiger partial charge in [-0.1, -0.05) is 38.0 Å².